The van der Waals surface area contributed by atoms with Crippen LogP contribution in [-0.2, 0) is 6.54 Å². The van der Waals surface area contributed by atoms with Crippen molar-refractivity contribution in [2.24, 2.45) is 0 Å². The van der Waals surface area contributed by atoms with Gasteiger partial charge in [-0.3, -0.25) is 4.90 Å². The maximum absolute atomic E-state index is 4.18. The van der Waals surface area contributed by atoms with Gasteiger partial charge < -0.3 is 5.32 Å². The molecular formula is C14H20N6. The molecule has 0 saturated carbocycles. The highest BCUT2D eigenvalue weighted by Gasteiger charge is 2.22. The summed E-state index contributed by atoms with van der Waals surface area (Å²) in [5.41, 5.74) is 1.00. The molecule has 6 nitrogen and oxygen atoms in total. The van der Waals surface area contributed by atoms with Gasteiger partial charge in [0.1, 0.15) is 0 Å². The van der Waals surface area contributed by atoms with E-state index in [0.29, 0.717) is 12.1 Å². The molecule has 20 heavy (non-hydrogen) atoms. The number of benzene rings is 1. The highest BCUT2D eigenvalue weighted by molar-refractivity contribution is 5.30. The number of nitrogens with zero attached hydrogens (tertiary/aromatic N) is 5. The Hall–Kier alpha value is -1.79. The first kappa shape index (κ1) is 13.2. The van der Waals surface area contributed by atoms with Gasteiger partial charge in [0, 0.05) is 25.2 Å². The highest BCUT2D eigenvalue weighted by atomic mass is 15.5. The molecule has 1 saturated heterocycles. The van der Waals surface area contributed by atoms with Crippen molar-refractivity contribution in [1.29, 1.82) is 0 Å². The molecule has 2 atom stereocenters. The van der Waals surface area contributed by atoms with Crippen molar-refractivity contribution in [3.05, 3.63) is 36.2 Å². The van der Waals surface area contributed by atoms with Gasteiger partial charge in [-0.1, -0.05) is 18.2 Å². The lowest BCUT2D eigenvalue weighted by Crippen LogP contribution is -2.53. The monoisotopic (exact) mass is 272 g/mol. The predicted molar refractivity (Wildman–Crippen MR) is 76.5 cm³/mol. The molecule has 2 unspecified atom stereocenters. The van der Waals surface area contributed by atoms with Crippen molar-refractivity contribution in [3.8, 4) is 5.69 Å². The van der Waals surface area contributed by atoms with Gasteiger partial charge in [0.25, 0.3) is 0 Å². The Balaban J connectivity index is 1.77. The minimum Gasteiger partial charge on any atom is -0.309 e. The van der Waals surface area contributed by atoms with Crippen LogP contribution in [0.25, 0.3) is 5.69 Å². The first-order valence-corrected chi connectivity index (χ1v) is 7.03. The van der Waals surface area contributed by atoms with Crippen LogP contribution in [0, 0.1) is 0 Å². The van der Waals surface area contributed by atoms with E-state index in [9.17, 15) is 0 Å². The highest BCUT2D eigenvalue weighted by Crippen LogP contribution is 2.11. The molecule has 1 aliphatic rings. The molecule has 1 aliphatic heterocycles. The van der Waals surface area contributed by atoms with Crippen LogP contribution in [0.2, 0.25) is 0 Å². The Morgan fingerprint density at radius 3 is 2.55 bits per heavy atom. The molecule has 0 aliphatic carbocycles. The van der Waals surface area contributed by atoms with Crippen LogP contribution in [-0.4, -0.2) is 50.3 Å². The number of para-hydroxylation sites is 1. The average Bonchev–Trinajstić information content (AvgIpc) is 2.86. The first-order valence-electron chi connectivity index (χ1n) is 7.03. The molecule has 1 aromatic carbocycles. The lowest BCUT2D eigenvalue weighted by Gasteiger charge is -2.35. The van der Waals surface area contributed by atoms with E-state index in [2.05, 4.69) is 39.6 Å². The zero-order valence-corrected chi connectivity index (χ0v) is 11.9. The maximum Gasteiger partial charge on any atom is 0.170 e. The van der Waals surface area contributed by atoms with Crippen molar-refractivity contribution in [1.82, 2.24) is 30.4 Å². The van der Waals surface area contributed by atoms with E-state index in [1.165, 1.54) is 0 Å². The van der Waals surface area contributed by atoms with E-state index in [-0.39, 0.29) is 0 Å². The minimum absolute atomic E-state index is 0.500. The van der Waals surface area contributed by atoms with Crippen molar-refractivity contribution in [2.45, 2.75) is 32.5 Å². The van der Waals surface area contributed by atoms with Gasteiger partial charge in [0.2, 0.25) is 0 Å². The second-order valence-electron chi connectivity index (χ2n) is 5.51. The molecule has 106 valence electrons. The molecule has 1 aromatic heterocycles. The fraction of sp³-hybridized carbons (Fsp3) is 0.500. The quantitative estimate of drug-likeness (QED) is 0.897. The standard InChI is InChI=1S/C14H20N6/c1-11-8-19(9-12(2)15-11)10-14-16-17-18-20(14)13-6-4-3-5-7-13/h3-7,11-12,15H,8-10H2,1-2H3. The predicted octanol–water partition coefficient (Wildman–Crippen LogP) is 0.844. The van der Waals surface area contributed by atoms with Gasteiger partial charge in [0.15, 0.2) is 5.82 Å². The van der Waals surface area contributed by atoms with E-state index < -0.39 is 0 Å². The van der Waals surface area contributed by atoms with Gasteiger partial charge in [-0.15, -0.1) is 5.10 Å². The number of hydrogen-bond donors (Lipinski definition) is 1. The molecule has 0 spiro atoms. The van der Waals surface area contributed by atoms with Gasteiger partial charge in [0.05, 0.1) is 12.2 Å². The van der Waals surface area contributed by atoms with Gasteiger partial charge in [-0.25, -0.2) is 0 Å². The fourth-order valence-corrected chi connectivity index (χ4v) is 2.84. The second-order valence-corrected chi connectivity index (χ2v) is 5.51. The molecule has 0 bridgehead atoms. The third kappa shape index (κ3) is 2.86. The van der Waals surface area contributed by atoms with Gasteiger partial charge >= 0.3 is 0 Å². The first-order chi connectivity index (χ1) is 9.72. The van der Waals surface area contributed by atoms with Gasteiger partial charge in [-0.2, -0.15) is 4.68 Å². The Morgan fingerprint density at radius 2 is 1.85 bits per heavy atom. The normalized spacial score (nSPS) is 23.9. The van der Waals surface area contributed by atoms with Crippen molar-refractivity contribution in [2.75, 3.05) is 13.1 Å². The summed E-state index contributed by atoms with van der Waals surface area (Å²) in [6.07, 6.45) is 0. The number of piperazine rings is 1. The summed E-state index contributed by atoms with van der Waals surface area (Å²) >= 11 is 0. The SMILES string of the molecule is CC1CN(Cc2nnnn2-c2ccccc2)CC(C)N1. The molecule has 0 amide bonds. The van der Waals surface area contributed by atoms with Crippen molar-refractivity contribution < 1.29 is 0 Å². The summed E-state index contributed by atoms with van der Waals surface area (Å²) < 4.78 is 1.82. The Labute approximate surface area is 118 Å². The van der Waals surface area contributed by atoms with E-state index in [1.54, 1.807) is 0 Å². The molecule has 3 rings (SSSR count). The Bertz CT molecular complexity index is 542. The summed E-state index contributed by atoms with van der Waals surface area (Å²) in [4.78, 5) is 2.40. The number of aromatic nitrogens is 4. The summed E-state index contributed by atoms with van der Waals surface area (Å²) in [5, 5.41) is 15.6. The number of hydrogen-bond acceptors (Lipinski definition) is 5. The molecular weight excluding hydrogens is 252 g/mol. The third-order valence-corrected chi connectivity index (χ3v) is 3.53. The summed E-state index contributed by atoms with van der Waals surface area (Å²) in [5.74, 6) is 0.887. The van der Waals surface area contributed by atoms with E-state index >= 15 is 0 Å². The molecule has 2 aromatic rings. The summed E-state index contributed by atoms with van der Waals surface area (Å²) in [7, 11) is 0. The largest absolute Gasteiger partial charge is 0.309 e. The Kier molecular flexibility index (Phi) is 3.75. The van der Waals surface area contributed by atoms with Crippen LogP contribution < -0.4 is 5.32 Å². The Morgan fingerprint density at radius 1 is 1.15 bits per heavy atom. The summed E-state index contributed by atoms with van der Waals surface area (Å²) in [6, 6.07) is 11.0. The van der Waals surface area contributed by atoms with E-state index in [1.807, 2.05) is 35.0 Å². The van der Waals surface area contributed by atoms with Crippen LogP contribution in [0.15, 0.2) is 30.3 Å². The van der Waals surface area contributed by atoms with Crippen LogP contribution in [0.5, 0.6) is 0 Å². The zero-order valence-electron chi connectivity index (χ0n) is 11.9. The molecule has 6 heteroatoms. The van der Waals surface area contributed by atoms with Crippen molar-refractivity contribution >= 4 is 0 Å². The molecule has 1 fully saturated rings. The molecule has 1 N–H and O–H groups in total. The van der Waals surface area contributed by atoms with E-state index in [4.69, 9.17) is 0 Å². The zero-order chi connectivity index (χ0) is 13.9. The van der Waals surface area contributed by atoms with Crippen LogP contribution >= 0.6 is 0 Å². The van der Waals surface area contributed by atoms with Crippen molar-refractivity contribution in [3.63, 3.8) is 0 Å². The van der Waals surface area contributed by atoms with Crippen LogP contribution in [0.3, 0.4) is 0 Å². The average molecular weight is 272 g/mol. The van der Waals surface area contributed by atoms with Gasteiger partial charge in [-0.05, 0) is 36.4 Å². The van der Waals surface area contributed by atoms with Crippen LogP contribution in [0.4, 0.5) is 0 Å². The molecule has 0 radical (unpaired) electrons. The fourth-order valence-electron chi connectivity index (χ4n) is 2.84. The molecule has 2 heterocycles. The summed E-state index contributed by atoms with van der Waals surface area (Å²) in [6.45, 7) is 7.24. The number of rotatable bonds is 3. The lowest BCUT2D eigenvalue weighted by molar-refractivity contribution is 0.162. The second kappa shape index (κ2) is 5.68. The minimum atomic E-state index is 0.500. The topological polar surface area (TPSA) is 58.9 Å². The smallest absolute Gasteiger partial charge is 0.170 e. The maximum atomic E-state index is 4.18. The van der Waals surface area contributed by atoms with Crippen LogP contribution in [0.1, 0.15) is 19.7 Å². The number of tetrazole rings is 1. The number of nitrogens with one attached hydrogen (secondary N) is 1. The lowest BCUT2D eigenvalue weighted by atomic mass is 10.1. The van der Waals surface area contributed by atoms with E-state index in [0.717, 1.165) is 31.1 Å². The third-order valence-electron chi connectivity index (χ3n) is 3.53.